The highest BCUT2D eigenvalue weighted by molar-refractivity contribution is 6.32. The molecule has 3 aromatic carbocycles. The molecule has 2 atom stereocenters. The summed E-state index contributed by atoms with van der Waals surface area (Å²) in [5, 5.41) is 11.8. The minimum absolute atomic E-state index is 0.280. The summed E-state index contributed by atoms with van der Waals surface area (Å²) in [6, 6.07) is 23.6. The molecule has 1 fully saturated rings. The summed E-state index contributed by atoms with van der Waals surface area (Å²) in [5.74, 6) is -0.531. The summed E-state index contributed by atoms with van der Waals surface area (Å²) in [7, 11) is 0. The van der Waals surface area contributed by atoms with Crippen LogP contribution < -0.4 is 4.74 Å². The van der Waals surface area contributed by atoms with Gasteiger partial charge in [0, 0.05) is 0 Å². The molecule has 0 spiro atoms. The van der Waals surface area contributed by atoms with Crippen LogP contribution in [0.25, 0.3) is 10.8 Å². The zero-order valence-corrected chi connectivity index (χ0v) is 14.1. The Morgan fingerprint density at radius 1 is 0.960 bits per heavy atom. The summed E-state index contributed by atoms with van der Waals surface area (Å²) >= 11 is 5.86. The molecule has 0 amide bonds. The number of halogens is 1. The number of hydrogen-bond acceptors (Lipinski definition) is 3. The van der Waals surface area contributed by atoms with Crippen LogP contribution in [0.3, 0.4) is 0 Å². The molecule has 1 aliphatic rings. The lowest BCUT2D eigenvalue weighted by molar-refractivity contribution is -0.188. The predicted octanol–water partition coefficient (Wildman–Crippen LogP) is 4.41. The average Bonchev–Trinajstić information content (AvgIpc) is 2.60. The maximum absolute atomic E-state index is 10.6. The molecule has 5 heteroatoms. The maximum atomic E-state index is 10.6. The van der Waals surface area contributed by atoms with E-state index in [0.29, 0.717) is 10.8 Å². The number of rotatable bonds is 3. The summed E-state index contributed by atoms with van der Waals surface area (Å²) in [4.78, 5) is 10.6. The number of carbonyl (C=O) groups is 1. The van der Waals surface area contributed by atoms with Gasteiger partial charge >= 0.3 is 5.97 Å². The van der Waals surface area contributed by atoms with Crippen molar-refractivity contribution in [2.45, 2.75) is 12.2 Å². The Bertz CT molecular complexity index is 799. The molecule has 0 saturated carbocycles. The third-order valence-electron chi connectivity index (χ3n) is 3.79. The van der Waals surface area contributed by atoms with Gasteiger partial charge in [-0.3, -0.25) is 0 Å². The Morgan fingerprint density at radius 2 is 1.48 bits per heavy atom. The van der Waals surface area contributed by atoms with Crippen molar-refractivity contribution in [2.75, 3.05) is 6.61 Å². The normalized spacial score (nSPS) is 18.6. The minimum atomic E-state index is -1.02. The zero-order valence-electron chi connectivity index (χ0n) is 13.3. The standard InChI is InChI=1S/C10H9ClO4.C10H8/c11-6-3-1-2-4-7(6)15-8-5-14-9(8)10(12)13;1-2-6-10-8-4-3-7-9(10)5-1/h1-4,8-9H,5H2,(H,12,13);1-8H. The summed E-state index contributed by atoms with van der Waals surface area (Å²) in [6.07, 6.45) is -1.34. The van der Waals surface area contributed by atoms with Crippen molar-refractivity contribution in [2.24, 2.45) is 0 Å². The topological polar surface area (TPSA) is 55.8 Å². The van der Waals surface area contributed by atoms with Gasteiger partial charge in [-0.05, 0) is 22.9 Å². The first-order valence-electron chi connectivity index (χ1n) is 7.84. The second kappa shape index (κ2) is 8.01. The molecule has 0 aliphatic carbocycles. The third-order valence-corrected chi connectivity index (χ3v) is 4.11. The lowest BCUT2D eigenvalue weighted by Crippen LogP contribution is -2.53. The van der Waals surface area contributed by atoms with E-state index < -0.39 is 18.2 Å². The number of aliphatic carboxylic acids is 1. The van der Waals surface area contributed by atoms with Gasteiger partial charge in [0.1, 0.15) is 5.75 Å². The first-order valence-corrected chi connectivity index (χ1v) is 8.22. The number of para-hydroxylation sites is 1. The smallest absolute Gasteiger partial charge is 0.336 e. The van der Waals surface area contributed by atoms with Crippen molar-refractivity contribution in [3.63, 3.8) is 0 Å². The van der Waals surface area contributed by atoms with Gasteiger partial charge in [-0.2, -0.15) is 0 Å². The average molecular weight is 357 g/mol. The van der Waals surface area contributed by atoms with Crippen LogP contribution in [0.5, 0.6) is 5.75 Å². The molecule has 0 radical (unpaired) electrons. The molecule has 0 aromatic heterocycles. The van der Waals surface area contributed by atoms with E-state index >= 15 is 0 Å². The van der Waals surface area contributed by atoms with Crippen molar-refractivity contribution in [1.82, 2.24) is 0 Å². The lowest BCUT2D eigenvalue weighted by atomic mass is 10.1. The van der Waals surface area contributed by atoms with Crippen LogP contribution in [-0.2, 0) is 9.53 Å². The van der Waals surface area contributed by atoms with E-state index in [1.54, 1.807) is 24.3 Å². The maximum Gasteiger partial charge on any atom is 0.336 e. The fourth-order valence-electron chi connectivity index (χ4n) is 2.43. The molecule has 4 rings (SSSR count). The van der Waals surface area contributed by atoms with Gasteiger partial charge in [0.25, 0.3) is 0 Å². The molecular formula is C20H17ClO4. The van der Waals surface area contributed by atoms with Crippen LogP contribution in [0.15, 0.2) is 72.8 Å². The number of carboxylic acid groups (broad SMARTS) is 1. The molecule has 128 valence electrons. The molecule has 2 unspecified atom stereocenters. The predicted molar refractivity (Wildman–Crippen MR) is 97.2 cm³/mol. The molecule has 4 nitrogen and oxygen atoms in total. The summed E-state index contributed by atoms with van der Waals surface area (Å²) < 4.78 is 10.3. The van der Waals surface area contributed by atoms with E-state index in [1.165, 1.54) is 10.8 Å². The molecule has 3 aromatic rings. The Balaban J connectivity index is 0.000000157. The lowest BCUT2D eigenvalue weighted by Gasteiger charge is -2.33. The van der Waals surface area contributed by atoms with Crippen molar-refractivity contribution in [1.29, 1.82) is 0 Å². The Hall–Kier alpha value is -2.56. The molecule has 25 heavy (non-hydrogen) atoms. The molecule has 1 heterocycles. The fraction of sp³-hybridized carbons (Fsp3) is 0.150. The molecular weight excluding hydrogens is 340 g/mol. The minimum Gasteiger partial charge on any atom is -0.483 e. The number of ether oxygens (including phenoxy) is 2. The monoisotopic (exact) mass is 356 g/mol. The third kappa shape index (κ3) is 4.29. The van der Waals surface area contributed by atoms with Gasteiger partial charge in [0.2, 0.25) is 0 Å². The first kappa shape index (κ1) is 17.3. The van der Waals surface area contributed by atoms with E-state index in [2.05, 4.69) is 48.5 Å². The Kier molecular flexibility index (Phi) is 5.53. The molecule has 0 bridgehead atoms. The first-order chi connectivity index (χ1) is 12.1. The van der Waals surface area contributed by atoms with Crippen LogP contribution in [0.4, 0.5) is 0 Å². The second-order valence-corrected chi connectivity index (χ2v) is 5.93. The quantitative estimate of drug-likeness (QED) is 0.755. The van der Waals surface area contributed by atoms with Crippen molar-refractivity contribution < 1.29 is 19.4 Å². The van der Waals surface area contributed by atoms with Crippen LogP contribution in [0.2, 0.25) is 5.02 Å². The van der Waals surface area contributed by atoms with Crippen LogP contribution in [-0.4, -0.2) is 29.9 Å². The molecule has 1 aliphatic heterocycles. The van der Waals surface area contributed by atoms with E-state index in [4.69, 9.17) is 26.2 Å². The van der Waals surface area contributed by atoms with E-state index in [-0.39, 0.29) is 6.61 Å². The van der Waals surface area contributed by atoms with Gasteiger partial charge in [-0.25, -0.2) is 4.79 Å². The second-order valence-electron chi connectivity index (χ2n) is 5.53. The van der Waals surface area contributed by atoms with Gasteiger partial charge in [-0.15, -0.1) is 0 Å². The molecule has 1 saturated heterocycles. The zero-order chi connectivity index (χ0) is 17.6. The summed E-state index contributed by atoms with van der Waals surface area (Å²) in [5.41, 5.74) is 0. The summed E-state index contributed by atoms with van der Waals surface area (Å²) in [6.45, 7) is 0.280. The fourth-order valence-corrected chi connectivity index (χ4v) is 2.61. The highest BCUT2D eigenvalue weighted by Crippen LogP contribution is 2.27. The van der Waals surface area contributed by atoms with E-state index in [0.717, 1.165) is 0 Å². The van der Waals surface area contributed by atoms with Gasteiger partial charge in [0.15, 0.2) is 12.2 Å². The van der Waals surface area contributed by atoms with Gasteiger partial charge < -0.3 is 14.6 Å². The SMILES string of the molecule is O=C(O)C1OCC1Oc1ccccc1Cl.c1ccc2ccccc2c1. The van der Waals surface area contributed by atoms with Crippen LogP contribution in [0, 0.1) is 0 Å². The highest BCUT2D eigenvalue weighted by atomic mass is 35.5. The number of fused-ring (bicyclic) bond motifs is 1. The van der Waals surface area contributed by atoms with Crippen LogP contribution >= 0.6 is 11.6 Å². The van der Waals surface area contributed by atoms with Crippen molar-refractivity contribution in [3.05, 3.63) is 77.8 Å². The molecule has 1 N–H and O–H groups in total. The Morgan fingerprint density at radius 3 is 1.92 bits per heavy atom. The van der Waals surface area contributed by atoms with E-state index in [9.17, 15) is 4.79 Å². The van der Waals surface area contributed by atoms with Gasteiger partial charge in [-0.1, -0.05) is 72.3 Å². The van der Waals surface area contributed by atoms with Crippen LogP contribution in [0.1, 0.15) is 0 Å². The van der Waals surface area contributed by atoms with E-state index in [1.807, 2.05) is 0 Å². The Labute approximate surface area is 150 Å². The highest BCUT2D eigenvalue weighted by Gasteiger charge is 2.40. The van der Waals surface area contributed by atoms with Crippen molar-refractivity contribution >= 4 is 28.3 Å². The largest absolute Gasteiger partial charge is 0.483 e. The number of benzene rings is 3. The number of carboxylic acids is 1. The van der Waals surface area contributed by atoms with Crippen molar-refractivity contribution in [3.8, 4) is 5.75 Å². The number of hydrogen-bond donors (Lipinski definition) is 1. The van der Waals surface area contributed by atoms with Gasteiger partial charge in [0.05, 0.1) is 11.6 Å².